The van der Waals surface area contributed by atoms with Crippen molar-refractivity contribution in [3.05, 3.63) is 47.9 Å². The number of aryl methyl sites for hydroxylation is 2. The van der Waals surface area contributed by atoms with E-state index in [0.29, 0.717) is 5.56 Å². The Kier molecular flexibility index (Phi) is 5.19. The fraction of sp³-hybridized carbons (Fsp3) is 0.440. The highest BCUT2D eigenvalue weighted by Crippen LogP contribution is 2.39. The van der Waals surface area contributed by atoms with E-state index in [4.69, 9.17) is 9.97 Å². The zero-order chi connectivity index (χ0) is 21.4. The van der Waals surface area contributed by atoms with Gasteiger partial charge in [-0.05, 0) is 43.7 Å². The van der Waals surface area contributed by atoms with Crippen molar-refractivity contribution >= 4 is 5.95 Å². The van der Waals surface area contributed by atoms with Crippen LogP contribution in [0.4, 0.5) is 5.95 Å². The molecule has 158 valence electrons. The number of hydrogen-bond acceptors (Lipinski definition) is 5. The van der Waals surface area contributed by atoms with Crippen LogP contribution in [0.3, 0.4) is 0 Å². The summed E-state index contributed by atoms with van der Waals surface area (Å²) >= 11 is 0. The van der Waals surface area contributed by atoms with Gasteiger partial charge in [0.15, 0.2) is 0 Å². The summed E-state index contributed by atoms with van der Waals surface area (Å²) in [6, 6.07) is 9.86. The van der Waals surface area contributed by atoms with E-state index in [-0.39, 0.29) is 0 Å². The van der Waals surface area contributed by atoms with Gasteiger partial charge < -0.3 is 4.90 Å². The number of nitrogens with zero attached hydrogens (tertiary/aromatic N) is 6. The quantitative estimate of drug-likeness (QED) is 0.621. The van der Waals surface area contributed by atoms with Crippen molar-refractivity contribution in [1.29, 1.82) is 5.26 Å². The molecule has 0 bridgehead atoms. The third-order valence-corrected chi connectivity index (χ3v) is 7.01. The van der Waals surface area contributed by atoms with Gasteiger partial charge in [-0.1, -0.05) is 31.4 Å². The Morgan fingerprint density at radius 2 is 1.71 bits per heavy atom. The van der Waals surface area contributed by atoms with Crippen LogP contribution in [0.25, 0.3) is 22.4 Å². The molecule has 5 rings (SSSR count). The summed E-state index contributed by atoms with van der Waals surface area (Å²) in [6.07, 6.45) is 10.6. The van der Waals surface area contributed by atoms with Crippen molar-refractivity contribution < 1.29 is 0 Å². The molecule has 0 radical (unpaired) electrons. The Balaban J connectivity index is 1.55. The highest BCUT2D eigenvalue weighted by atomic mass is 15.3. The first kappa shape index (κ1) is 19.7. The van der Waals surface area contributed by atoms with Crippen molar-refractivity contribution in [2.24, 2.45) is 18.9 Å². The summed E-state index contributed by atoms with van der Waals surface area (Å²) in [5.41, 5.74) is 5.51. The molecule has 2 unspecified atom stereocenters. The van der Waals surface area contributed by atoms with E-state index >= 15 is 0 Å². The molecule has 3 aromatic rings. The molecular weight excluding hydrogens is 384 g/mol. The van der Waals surface area contributed by atoms with Gasteiger partial charge in [0.2, 0.25) is 5.95 Å². The summed E-state index contributed by atoms with van der Waals surface area (Å²) in [6.45, 7) is 4.07. The average molecular weight is 413 g/mol. The van der Waals surface area contributed by atoms with Crippen LogP contribution in [-0.2, 0) is 7.05 Å². The predicted octanol–water partition coefficient (Wildman–Crippen LogP) is 4.74. The first-order valence-electron chi connectivity index (χ1n) is 11.3. The number of anilines is 1. The lowest BCUT2D eigenvalue weighted by Crippen LogP contribution is -2.26. The summed E-state index contributed by atoms with van der Waals surface area (Å²) in [7, 11) is 1.93. The van der Waals surface area contributed by atoms with E-state index in [9.17, 15) is 5.26 Å². The van der Waals surface area contributed by atoms with Gasteiger partial charge in [0.25, 0.3) is 0 Å². The normalized spacial score (nSPS) is 20.9. The Bertz CT molecular complexity index is 1110. The summed E-state index contributed by atoms with van der Waals surface area (Å²) in [5.74, 6) is 2.56. The largest absolute Gasteiger partial charge is 0.341 e. The minimum atomic E-state index is 0.649. The second kappa shape index (κ2) is 8.14. The van der Waals surface area contributed by atoms with Gasteiger partial charge in [-0.25, -0.2) is 9.97 Å². The third kappa shape index (κ3) is 3.81. The number of rotatable bonds is 3. The van der Waals surface area contributed by atoms with Gasteiger partial charge in [0, 0.05) is 49.2 Å². The van der Waals surface area contributed by atoms with E-state index < -0.39 is 0 Å². The number of aromatic nitrogens is 4. The van der Waals surface area contributed by atoms with Gasteiger partial charge in [0.05, 0.1) is 23.0 Å². The van der Waals surface area contributed by atoms with Crippen LogP contribution in [-0.4, -0.2) is 32.8 Å². The van der Waals surface area contributed by atoms with E-state index in [0.717, 1.165) is 59.0 Å². The van der Waals surface area contributed by atoms with Crippen LogP contribution < -0.4 is 4.90 Å². The lowest BCUT2D eigenvalue weighted by atomic mass is 9.92. The van der Waals surface area contributed by atoms with Crippen molar-refractivity contribution in [2.75, 3.05) is 18.0 Å². The molecule has 1 aromatic carbocycles. The Labute approximate surface area is 183 Å². The average Bonchev–Trinajstić information content (AvgIpc) is 3.32. The zero-order valence-corrected chi connectivity index (χ0v) is 18.3. The molecule has 31 heavy (non-hydrogen) atoms. The molecule has 1 saturated heterocycles. The molecule has 1 aliphatic heterocycles. The first-order valence-corrected chi connectivity index (χ1v) is 11.3. The minimum Gasteiger partial charge on any atom is -0.341 e. The van der Waals surface area contributed by atoms with E-state index in [2.05, 4.69) is 16.1 Å². The molecule has 6 heteroatoms. The maximum atomic E-state index is 9.19. The van der Waals surface area contributed by atoms with Crippen molar-refractivity contribution in [2.45, 2.75) is 39.0 Å². The van der Waals surface area contributed by atoms with Crippen molar-refractivity contribution in [3.8, 4) is 28.5 Å². The predicted molar refractivity (Wildman–Crippen MR) is 121 cm³/mol. The van der Waals surface area contributed by atoms with Crippen molar-refractivity contribution in [3.63, 3.8) is 0 Å². The van der Waals surface area contributed by atoms with Crippen LogP contribution in [0.2, 0.25) is 0 Å². The molecule has 2 fully saturated rings. The Morgan fingerprint density at radius 3 is 2.32 bits per heavy atom. The maximum Gasteiger partial charge on any atom is 0.225 e. The molecule has 3 heterocycles. The van der Waals surface area contributed by atoms with Gasteiger partial charge in [0.1, 0.15) is 0 Å². The second-order valence-corrected chi connectivity index (χ2v) is 8.94. The lowest BCUT2D eigenvalue weighted by Gasteiger charge is -2.22. The minimum absolute atomic E-state index is 0.649. The van der Waals surface area contributed by atoms with Gasteiger partial charge in [-0.2, -0.15) is 10.4 Å². The SMILES string of the molecule is Cc1nn(C)cc1-c1cnc(N2CCC3CCCC3CC2)nc1-c1ccc(C#N)cc1. The zero-order valence-electron chi connectivity index (χ0n) is 18.3. The van der Waals surface area contributed by atoms with Crippen LogP contribution in [0.1, 0.15) is 43.4 Å². The van der Waals surface area contributed by atoms with Crippen LogP contribution in [0.5, 0.6) is 0 Å². The van der Waals surface area contributed by atoms with E-state index in [1.54, 1.807) is 0 Å². The smallest absolute Gasteiger partial charge is 0.225 e. The summed E-state index contributed by atoms with van der Waals surface area (Å²) in [5, 5.41) is 13.7. The number of nitriles is 1. The van der Waals surface area contributed by atoms with Gasteiger partial charge in [-0.3, -0.25) is 4.68 Å². The van der Waals surface area contributed by atoms with E-state index in [1.807, 2.05) is 55.3 Å². The fourth-order valence-electron chi connectivity index (χ4n) is 5.34. The maximum absolute atomic E-state index is 9.19. The molecule has 2 atom stereocenters. The third-order valence-electron chi connectivity index (χ3n) is 7.01. The standard InChI is InChI=1S/C25H28N6/c1-17-23(16-30(2)29-17)22-15-27-25(28-24(22)21-8-6-18(14-26)7-9-21)31-12-10-19-4-3-5-20(19)11-13-31/h6-9,15-16,19-20H,3-5,10-13H2,1-2H3. The van der Waals surface area contributed by atoms with Gasteiger partial charge in [-0.15, -0.1) is 0 Å². The van der Waals surface area contributed by atoms with Crippen molar-refractivity contribution in [1.82, 2.24) is 19.7 Å². The highest BCUT2D eigenvalue weighted by molar-refractivity contribution is 5.81. The molecular formula is C25H28N6. The topological polar surface area (TPSA) is 70.6 Å². The molecule has 1 aliphatic carbocycles. The molecule has 6 nitrogen and oxygen atoms in total. The van der Waals surface area contributed by atoms with Gasteiger partial charge >= 0.3 is 0 Å². The van der Waals surface area contributed by atoms with Crippen LogP contribution in [0, 0.1) is 30.1 Å². The fourth-order valence-corrected chi connectivity index (χ4v) is 5.34. The summed E-state index contributed by atoms with van der Waals surface area (Å²) < 4.78 is 1.83. The Morgan fingerprint density at radius 1 is 1.00 bits per heavy atom. The van der Waals surface area contributed by atoms with Crippen LogP contribution in [0.15, 0.2) is 36.7 Å². The monoisotopic (exact) mass is 412 g/mol. The summed E-state index contributed by atoms with van der Waals surface area (Å²) in [4.78, 5) is 12.3. The molecule has 2 aromatic heterocycles. The first-order chi connectivity index (χ1) is 15.1. The Hall–Kier alpha value is -3.20. The van der Waals surface area contributed by atoms with Crippen LogP contribution >= 0.6 is 0 Å². The lowest BCUT2D eigenvalue weighted by molar-refractivity contribution is 0.378. The molecule has 0 amide bonds. The molecule has 0 spiro atoms. The molecule has 2 aliphatic rings. The highest BCUT2D eigenvalue weighted by Gasteiger charge is 2.31. The number of hydrogen-bond donors (Lipinski definition) is 0. The van der Waals surface area contributed by atoms with E-state index in [1.165, 1.54) is 32.1 Å². The molecule has 1 saturated carbocycles. The molecule has 0 N–H and O–H groups in total. The number of benzene rings is 1. The number of fused-ring (bicyclic) bond motifs is 1. The second-order valence-electron chi connectivity index (χ2n) is 8.94.